The third kappa shape index (κ3) is 3.74. The van der Waals surface area contributed by atoms with Crippen LogP contribution in [0, 0.1) is 13.7 Å². The summed E-state index contributed by atoms with van der Waals surface area (Å²) in [5.41, 5.74) is -0.217. The van der Waals surface area contributed by atoms with E-state index in [1.165, 1.54) is 24.3 Å². The maximum atomic E-state index is 16.1. The third-order valence-electron chi connectivity index (χ3n) is 6.13. The number of furan rings is 1. The van der Waals surface area contributed by atoms with E-state index in [9.17, 15) is 0 Å². The summed E-state index contributed by atoms with van der Waals surface area (Å²) < 4.78 is 85.1. The van der Waals surface area contributed by atoms with Gasteiger partial charge in [-0.3, -0.25) is 4.98 Å². The van der Waals surface area contributed by atoms with Gasteiger partial charge in [-0.05, 0) is 43.0 Å². The first kappa shape index (κ1) is 16.3. The normalized spacial score (nSPS) is 15.9. The number of aryl methyl sites for hydroxylation is 2. The van der Waals surface area contributed by atoms with Crippen molar-refractivity contribution in [3.05, 3.63) is 95.2 Å². The third-order valence-corrected chi connectivity index (χ3v) is 8.20. The average molecular weight is 478 g/mol. The number of rotatable bonds is 4. The molecular weight excluding hydrogens is 444 g/mol. The van der Waals surface area contributed by atoms with Crippen molar-refractivity contribution in [3.63, 3.8) is 0 Å². The molecular formula is C29H27F2NOSi. The quantitative estimate of drug-likeness (QED) is 0.246. The van der Waals surface area contributed by atoms with Gasteiger partial charge in [0.1, 0.15) is 11.2 Å². The van der Waals surface area contributed by atoms with Gasteiger partial charge in [-0.2, -0.15) is 8.78 Å². The molecule has 3 aromatic carbocycles. The van der Waals surface area contributed by atoms with Gasteiger partial charge in [-0.25, -0.2) is 0 Å². The Kier molecular flexibility index (Phi) is 3.79. The molecule has 0 atom stereocenters. The largest absolute Gasteiger partial charge is 0.455 e. The fourth-order valence-electron chi connectivity index (χ4n) is 4.20. The van der Waals surface area contributed by atoms with E-state index in [-0.39, 0.29) is 16.8 Å². The average Bonchev–Trinajstić information content (AvgIpc) is 3.25. The molecule has 0 bridgehead atoms. The summed E-state index contributed by atoms with van der Waals surface area (Å²) in [6, 6.07) is 17.0. The van der Waals surface area contributed by atoms with Crippen molar-refractivity contribution in [2.75, 3.05) is 0 Å². The molecule has 0 unspecified atom stereocenters. The number of pyridine rings is 1. The molecule has 0 aliphatic carbocycles. The standard InChI is InChI=1S/C29H27F2NOSi/c1-18-9-14-22-23-7-6-8-24(28(23)33-27(22)15-18)26-16-25(19(2)17-32-26)29(30,31)20-10-12-21(13-11-20)34(3,4)5/h6-17H,1-5H3/i1D3,2D3. The smallest absolute Gasteiger partial charge is 0.298 e. The van der Waals surface area contributed by atoms with Gasteiger partial charge in [0.05, 0.1) is 13.8 Å². The zero-order valence-corrected chi connectivity index (χ0v) is 20.0. The van der Waals surface area contributed by atoms with Crippen molar-refractivity contribution in [2.24, 2.45) is 0 Å². The number of benzene rings is 3. The van der Waals surface area contributed by atoms with Crippen molar-refractivity contribution in [1.29, 1.82) is 0 Å². The number of hydrogen-bond acceptors (Lipinski definition) is 2. The minimum atomic E-state index is -3.62. The van der Waals surface area contributed by atoms with E-state index in [1.807, 2.05) is 0 Å². The number of fused-ring (bicyclic) bond motifs is 3. The van der Waals surface area contributed by atoms with Crippen LogP contribution >= 0.6 is 0 Å². The molecule has 0 saturated carbocycles. The Morgan fingerprint density at radius 2 is 1.71 bits per heavy atom. The monoisotopic (exact) mass is 477 g/mol. The van der Waals surface area contributed by atoms with Crippen LogP contribution in [0.1, 0.15) is 30.5 Å². The molecule has 0 aliphatic heterocycles. The van der Waals surface area contributed by atoms with Crippen molar-refractivity contribution in [3.8, 4) is 11.3 Å². The molecule has 0 N–H and O–H groups in total. The number of alkyl halides is 2. The lowest BCUT2D eigenvalue weighted by Gasteiger charge is -2.22. The molecule has 2 heterocycles. The van der Waals surface area contributed by atoms with Gasteiger partial charge in [-0.15, -0.1) is 0 Å². The molecule has 5 aromatic rings. The zero-order valence-electron chi connectivity index (χ0n) is 25.0. The van der Waals surface area contributed by atoms with E-state index >= 15 is 8.78 Å². The summed E-state index contributed by atoms with van der Waals surface area (Å²) in [5.74, 6) is -3.62. The number of para-hydroxylation sites is 1. The second-order valence-electron chi connectivity index (χ2n) is 9.51. The Bertz CT molecular complexity index is 1740. The van der Waals surface area contributed by atoms with Crippen LogP contribution in [-0.4, -0.2) is 13.1 Å². The maximum absolute atomic E-state index is 16.1. The molecule has 2 nitrogen and oxygen atoms in total. The van der Waals surface area contributed by atoms with Crippen molar-refractivity contribution >= 4 is 35.2 Å². The number of nitrogens with zero attached hydrogens (tertiary/aromatic N) is 1. The highest BCUT2D eigenvalue weighted by atomic mass is 28.3. The summed E-state index contributed by atoms with van der Waals surface area (Å²) in [5, 5.41) is 2.33. The Labute approximate surface area is 207 Å². The predicted molar refractivity (Wildman–Crippen MR) is 139 cm³/mol. The first-order valence-electron chi connectivity index (χ1n) is 13.9. The molecule has 5 rings (SSSR count). The van der Waals surface area contributed by atoms with E-state index in [0.29, 0.717) is 27.5 Å². The summed E-state index contributed by atoms with van der Waals surface area (Å²) in [7, 11) is -1.73. The summed E-state index contributed by atoms with van der Waals surface area (Å²) >= 11 is 0. The van der Waals surface area contributed by atoms with Crippen LogP contribution in [0.15, 0.2) is 77.3 Å². The SMILES string of the molecule is [2H]C([2H])([2H])c1ccc2c(c1)oc1c(-c3cc(C(F)(F)c4ccc([Si](C)(C)C)cc4)c(C([2H])([2H])[2H])cn3)cccc12. The molecule has 0 saturated heterocycles. The minimum absolute atomic E-state index is 0.113. The summed E-state index contributed by atoms with van der Waals surface area (Å²) in [4.78, 5) is 4.27. The van der Waals surface area contributed by atoms with Crippen LogP contribution < -0.4 is 5.19 Å². The number of halogens is 2. The molecule has 172 valence electrons. The minimum Gasteiger partial charge on any atom is -0.455 e. The second-order valence-corrected chi connectivity index (χ2v) is 14.6. The van der Waals surface area contributed by atoms with Gasteiger partial charge < -0.3 is 4.42 Å². The lowest BCUT2D eigenvalue weighted by atomic mass is 9.95. The topological polar surface area (TPSA) is 26.0 Å². The second kappa shape index (κ2) is 7.88. The zero-order chi connectivity index (χ0) is 29.3. The van der Waals surface area contributed by atoms with Gasteiger partial charge in [0.2, 0.25) is 0 Å². The molecule has 0 fully saturated rings. The summed E-state index contributed by atoms with van der Waals surface area (Å²) in [6.45, 7) is 1.20. The van der Waals surface area contributed by atoms with Crippen LogP contribution in [0.3, 0.4) is 0 Å². The highest BCUT2D eigenvalue weighted by molar-refractivity contribution is 6.88. The lowest BCUT2D eigenvalue weighted by molar-refractivity contribution is 0.0421. The number of hydrogen-bond donors (Lipinski definition) is 0. The van der Waals surface area contributed by atoms with E-state index in [4.69, 9.17) is 12.6 Å². The molecule has 0 amide bonds. The van der Waals surface area contributed by atoms with E-state index < -0.39 is 38.8 Å². The van der Waals surface area contributed by atoms with Crippen LogP contribution in [-0.2, 0) is 5.92 Å². The number of aromatic nitrogens is 1. The van der Waals surface area contributed by atoms with Crippen LogP contribution in [0.25, 0.3) is 33.2 Å². The Balaban J connectivity index is 1.69. The highest BCUT2D eigenvalue weighted by Crippen LogP contribution is 2.40. The van der Waals surface area contributed by atoms with Crippen molar-refractivity contribution < 1.29 is 21.4 Å². The van der Waals surface area contributed by atoms with Crippen LogP contribution in [0.4, 0.5) is 8.78 Å². The van der Waals surface area contributed by atoms with Crippen LogP contribution in [0.5, 0.6) is 0 Å². The maximum Gasteiger partial charge on any atom is 0.298 e. The molecule has 34 heavy (non-hydrogen) atoms. The first-order valence-corrected chi connectivity index (χ1v) is 14.4. The fourth-order valence-corrected chi connectivity index (χ4v) is 5.36. The van der Waals surface area contributed by atoms with Crippen molar-refractivity contribution in [2.45, 2.75) is 39.3 Å². The Morgan fingerprint density at radius 3 is 2.41 bits per heavy atom. The predicted octanol–water partition coefficient (Wildman–Crippen LogP) is 7.95. The lowest BCUT2D eigenvalue weighted by Crippen LogP contribution is -2.37. The summed E-state index contributed by atoms with van der Waals surface area (Å²) in [6.07, 6.45) is 0.982. The van der Waals surface area contributed by atoms with E-state index in [1.54, 1.807) is 36.4 Å². The van der Waals surface area contributed by atoms with Crippen molar-refractivity contribution in [1.82, 2.24) is 4.98 Å². The first-order chi connectivity index (χ1) is 18.5. The van der Waals surface area contributed by atoms with Gasteiger partial charge in [0.25, 0.3) is 5.92 Å². The molecule has 0 spiro atoms. The van der Waals surface area contributed by atoms with E-state index in [0.717, 1.165) is 17.4 Å². The Hall–Kier alpha value is -3.31. The molecule has 0 radical (unpaired) electrons. The highest BCUT2D eigenvalue weighted by Gasteiger charge is 2.36. The van der Waals surface area contributed by atoms with E-state index in [2.05, 4.69) is 24.6 Å². The van der Waals surface area contributed by atoms with Gasteiger partial charge >= 0.3 is 0 Å². The van der Waals surface area contributed by atoms with Gasteiger partial charge in [-0.1, -0.05) is 73.4 Å². The molecule has 0 aliphatic rings. The fraction of sp³-hybridized carbons (Fsp3) is 0.207. The van der Waals surface area contributed by atoms with Gasteiger partial charge in [0.15, 0.2) is 0 Å². The van der Waals surface area contributed by atoms with Gasteiger partial charge in [0, 0.05) is 41.9 Å². The Morgan fingerprint density at radius 1 is 0.912 bits per heavy atom. The molecule has 5 heteroatoms. The van der Waals surface area contributed by atoms with Crippen LogP contribution in [0.2, 0.25) is 19.6 Å². The molecule has 2 aromatic heterocycles.